The molecule has 6 nitrogen and oxygen atoms in total. The molecular formula is C72H146O6. The maximum atomic E-state index is 11.9. The Morgan fingerprint density at radius 1 is 0.205 bits per heavy atom. The number of carbonyl (C=O) groups excluding carboxylic acids is 2. The first kappa shape index (κ1) is 81.1. The minimum atomic E-state index is -0.164. The van der Waals surface area contributed by atoms with E-state index in [1.54, 1.807) is 0 Å². The molecule has 0 aromatic rings. The zero-order valence-electron chi connectivity index (χ0n) is 54.2. The molecule has 0 saturated heterocycles. The van der Waals surface area contributed by atoms with Crippen LogP contribution < -0.4 is 0 Å². The van der Waals surface area contributed by atoms with Gasteiger partial charge in [0.15, 0.2) is 0 Å². The lowest BCUT2D eigenvalue weighted by atomic mass is 10.0. The Labute approximate surface area is 491 Å². The minimum Gasteiger partial charge on any atom is -0.462 e. The van der Waals surface area contributed by atoms with Crippen LogP contribution in [-0.2, 0) is 19.1 Å². The van der Waals surface area contributed by atoms with Gasteiger partial charge < -0.3 is 19.7 Å². The molecule has 0 aromatic heterocycles. The van der Waals surface area contributed by atoms with Gasteiger partial charge in [-0.15, -0.1) is 0 Å². The van der Waals surface area contributed by atoms with Crippen molar-refractivity contribution in [2.75, 3.05) is 26.4 Å². The summed E-state index contributed by atoms with van der Waals surface area (Å²) in [6.07, 6.45) is 81.9. The predicted molar refractivity (Wildman–Crippen MR) is 345 cm³/mol. The van der Waals surface area contributed by atoms with Crippen molar-refractivity contribution in [3.05, 3.63) is 0 Å². The average molecular weight is 1110 g/mol. The molecule has 0 saturated carbocycles. The van der Waals surface area contributed by atoms with Gasteiger partial charge in [0.25, 0.3) is 0 Å². The lowest BCUT2D eigenvalue weighted by Gasteiger charge is -2.07. The summed E-state index contributed by atoms with van der Waals surface area (Å²) in [7, 11) is 0. The van der Waals surface area contributed by atoms with Crippen LogP contribution in [0.4, 0.5) is 0 Å². The van der Waals surface area contributed by atoms with Crippen LogP contribution in [0.5, 0.6) is 0 Å². The second-order valence-electron chi connectivity index (χ2n) is 24.2. The third-order valence-electron chi connectivity index (χ3n) is 16.1. The molecule has 0 fully saturated rings. The third kappa shape index (κ3) is 83.7. The summed E-state index contributed by atoms with van der Waals surface area (Å²) in [4.78, 5) is 23.8. The monoisotopic (exact) mass is 1110 g/mol. The number of hydrogen-bond acceptors (Lipinski definition) is 6. The van der Waals surface area contributed by atoms with Crippen molar-refractivity contribution < 1.29 is 29.3 Å². The summed E-state index contributed by atoms with van der Waals surface area (Å²) in [6.45, 7) is 10.2. The number of esters is 2. The molecule has 0 spiro atoms. The van der Waals surface area contributed by atoms with Crippen LogP contribution in [0.3, 0.4) is 0 Å². The molecular weight excluding hydrogens is 961 g/mol. The summed E-state index contributed by atoms with van der Waals surface area (Å²) in [5, 5.41) is 17.3. The quantitative estimate of drug-likeness (QED) is 0.0466. The molecule has 78 heavy (non-hydrogen) atoms. The highest BCUT2D eigenvalue weighted by molar-refractivity contribution is 5.70. The minimum absolute atomic E-state index is 0.164. The van der Waals surface area contributed by atoms with E-state index in [0.717, 1.165) is 38.5 Å². The van der Waals surface area contributed by atoms with Gasteiger partial charge in [0.05, 0.1) is 0 Å². The van der Waals surface area contributed by atoms with E-state index < -0.39 is 0 Å². The van der Waals surface area contributed by atoms with E-state index in [-0.39, 0.29) is 25.2 Å². The number of rotatable bonds is 65. The molecule has 0 aliphatic carbocycles. The van der Waals surface area contributed by atoms with E-state index in [1.807, 2.05) is 0 Å². The fraction of sp³-hybridized carbons (Fsp3) is 0.972. The van der Waals surface area contributed by atoms with Gasteiger partial charge in [-0.3, -0.25) is 9.59 Å². The Balaban J connectivity index is -0.00000128. The van der Waals surface area contributed by atoms with Crippen molar-refractivity contribution in [1.29, 1.82) is 0 Å². The van der Waals surface area contributed by atoms with Crippen molar-refractivity contribution in [1.82, 2.24) is 0 Å². The average Bonchev–Trinajstić information content (AvgIpc) is 3.44. The Kier molecular flexibility index (Phi) is 83.2. The van der Waals surface area contributed by atoms with Crippen molar-refractivity contribution in [2.45, 2.75) is 426 Å². The van der Waals surface area contributed by atoms with Crippen molar-refractivity contribution in [2.24, 2.45) is 0 Å². The lowest BCUT2D eigenvalue weighted by Crippen LogP contribution is -2.13. The van der Waals surface area contributed by atoms with Crippen LogP contribution in [-0.4, -0.2) is 48.6 Å². The summed E-state index contributed by atoms with van der Waals surface area (Å²) in [5.41, 5.74) is 0. The molecule has 2 N–H and O–H groups in total. The molecule has 0 radical (unpaired) electrons. The van der Waals surface area contributed by atoms with Crippen LogP contribution in [0.1, 0.15) is 426 Å². The number of aliphatic hydroxyl groups is 2. The Hall–Kier alpha value is -1.14. The van der Waals surface area contributed by atoms with Crippen LogP contribution in [0.25, 0.3) is 0 Å². The van der Waals surface area contributed by atoms with Gasteiger partial charge in [-0.2, -0.15) is 0 Å². The number of unbranched alkanes of at least 4 members (excludes halogenated alkanes) is 56. The van der Waals surface area contributed by atoms with Crippen LogP contribution in [0.2, 0.25) is 0 Å². The van der Waals surface area contributed by atoms with Crippen LogP contribution in [0, 0.1) is 0 Å². The normalized spacial score (nSPS) is 11.1. The first-order valence-electron chi connectivity index (χ1n) is 36.1. The molecule has 6 heteroatoms. The zero-order valence-corrected chi connectivity index (χ0v) is 54.2. The lowest BCUT2D eigenvalue weighted by molar-refractivity contribution is -0.152. The molecule has 0 rings (SSSR count). The van der Waals surface area contributed by atoms with Gasteiger partial charge in [0, 0.05) is 26.1 Å². The Morgan fingerprint density at radius 3 is 0.474 bits per heavy atom. The molecule has 0 aromatic carbocycles. The van der Waals surface area contributed by atoms with E-state index in [1.165, 1.54) is 347 Å². The summed E-state index contributed by atoms with van der Waals surface area (Å²) >= 11 is 0. The van der Waals surface area contributed by atoms with Crippen molar-refractivity contribution in [3.8, 4) is 0 Å². The molecule has 0 heterocycles. The fourth-order valence-electron chi connectivity index (χ4n) is 10.7. The van der Waals surface area contributed by atoms with Crippen LogP contribution >= 0.6 is 0 Å². The van der Waals surface area contributed by atoms with Crippen LogP contribution in [0.15, 0.2) is 0 Å². The van der Waals surface area contributed by atoms with Gasteiger partial charge in [-0.25, -0.2) is 0 Å². The van der Waals surface area contributed by atoms with E-state index in [4.69, 9.17) is 19.7 Å². The SMILES string of the molecule is CCCCCCCCCCCCCCCCCC(=O)OCCOC(=O)CCCCCCCCCCCCCCCCC.CCCCCCCCCCCCCCCCCCO.CCCCCCCCCCCCCCCCO. The number of carbonyl (C=O) groups is 2. The molecule has 0 amide bonds. The maximum Gasteiger partial charge on any atom is 0.305 e. The van der Waals surface area contributed by atoms with E-state index >= 15 is 0 Å². The second kappa shape index (κ2) is 80.1. The highest BCUT2D eigenvalue weighted by atomic mass is 16.6. The molecule has 0 unspecified atom stereocenters. The second-order valence-corrected chi connectivity index (χ2v) is 24.2. The maximum absolute atomic E-state index is 11.9. The molecule has 470 valence electrons. The van der Waals surface area contributed by atoms with Gasteiger partial charge in [-0.1, -0.05) is 387 Å². The zero-order chi connectivity index (χ0) is 57.2. The van der Waals surface area contributed by atoms with Crippen molar-refractivity contribution >= 4 is 11.9 Å². The summed E-state index contributed by atoms with van der Waals surface area (Å²) < 4.78 is 10.5. The smallest absolute Gasteiger partial charge is 0.305 e. The van der Waals surface area contributed by atoms with E-state index in [0.29, 0.717) is 26.1 Å². The molecule has 0 atom stereocenters. The fourth-order valence-corrected chi connectivity index (χ4v) is 10.7. The highest BCUT2D eigenvalue weighted by Crippen LogP contribution is 2.18. The third-order valence-corrected chi connectivity index (χ3v) is 16.1. The first-order valence-corrected chi connectivity index (χ1v) is 36.1. The number of aliphatic hydroxyl groups excluding tert-OH is 2. The Morgan fingerprint density at radius 2 is 0.333 bits per heavy atom. The summed E-state index contributed by atoms with van der Waals surface area (Å²) in [5.74, 6) is -0.327. The van der Waals surface area contributed by atoms with E-state index in [2.05, 4.69) is 27.7 Å². The first-order chi connectivity index (χ1) is 38.5. The topological polar surface area (TPSA) is 93.1 Å². The standard InChI is InChI=1S/C38H74O4.C18H38O.C16H34O/c1-3-5-7-9-11-13-15-17-19-21-23-25-27-29-31-33-37(39)41-35-36-42-38(40)34-32-30-28-26-24-22-20-18-16-14-12-10-8-6-4-2;1-2-3-4-5-6-7-8-9-10-11-12-13-14-15-16-17-18-19;1-2-3-4-5-6-7-8-9-10-11-12-13-14-15-16-17/h3-36H2,1-2H3;19H,2-18H2,1H3;17H,2-16H2,1H3. The predicted octanol–water partition coefficient (Wildman–Crippen LogP) is 24.3. The molecule has 0 aliphatic heterocycles. The van der Waals surface area contributed by atoms with Crippen molar-refractivity contribution in [3.63, 3.8) is 0 Å². The van der Waals surface area contributed by atoms with Gasteiger partial charge >= 0.3 is 11.9 Å². The molecule has 0 bridgehead atoms. The number of ether oxygens (including phenoxy) is 2. The highest BCUT2D eigenvalue weighted by Gasteiger charge is 2.06. The summed E-state index contributed by atoms with van der Waals surface area (Å²) in [6, 6.07) is 0. The largest absolute Gasteiger partial charge is 0.462 e. The Bertz CT molecular complexity index is 956. The number of hydrogen-bond donors (Lipinski definition) is 2. The van der Waals surface area contributed by atoms with E-state index in [9.17, 15) is 9.59 Å². The van der Waals surface area contributed by atoms with Gasteiger partial charge in [0.1, 0.15) is 13.2 Å². The molecule has 0 aliphatic rings. The van der Waals surface area contributed by atoms with Gasteiger partial charge in [-0.05, 0) is 25.7 Å². The van der Waals surface area contributed by atoms with Gasteiger partial charge in [0.2, 0.25) is 0 Å².